The van der Waals surface area contributed by atoms with Crippen molar-refractivity contribution in [3.63, 3.8) is 0 Å². The summed E-state index contributed by atoms with van der Waals surface area (Å²) in [6.45, 7) is 0.176. The molecule has 0 fully saturated rings. The van der Waals surface area contributed by atoms with Gasteiger partial charge in [0.2, 0.25) is 10.0 Å². The van der Waals surface area contributed by atoms with Gasteiger partial charge in [-0.15, -0.1) is 0 Å². The molecule has 0 aliphatic carbocycles. The molecule has 0 radical (unpaired) electrons. The Morgan fingerprint density at radius 2 is 2.11 bits per heavy atom. The average molecular weight is 362 g/mol. The van der Waals surface area contributed by atoms with E-state index in [1.54, 1.807) is 36.7 Å². The number of halogens is 2. The zero-order valence-corrected chi connectivity index (χ0v) is 12.8. The molecule has 0 unspecified atom stereocenters. The van der Waals surface area contributed by atoms with Crippen molar-refractivity contribution in [1.82, 2.24) is 9.71 Å². The fourth-order valence-corrected chi connectivity index (χ4v) is 3.68. The molecule has 0 atom stereocenters. The fraction of sp³-hybridized carbons (Fsp3) is 0.0833. The van der Waals surface area contributed by atoms with E-state index in [4.69, 9.17) is 11.6 Å². The van der Waals surface area contributed by atoms with Gasteiger partial charge < -0.3 is 0 Å². The van der Waals surface area contributed by atoms with Crippen LogP contribution in [0.2, 0.25) is 5.02 Å². The van der Waals surface area contributed by atoms with Crippen LogP contribution in [0.4, 0.5) is 0 Å². The van der Waals surface area contributed by atoms with Crippen LogP contribution >= 0.6 is 27.5 Å². The van der Waals surface area contributed by atoms with Crippen molar-refractivity contribution >= 4 is 37.6 Å². The van der Waals surface area contributed by atoms with Gasteiger partial charge in [-0.3, -0.25) is 4.98 Å². The SMILES string of the molecule is O=S(=O)(NCc1cccnc1)c1cc(Cl)ccc1Br. The van der Waals surface area contributed by atoms with Gasteiger partial charge in [0.1, 0.15) is 0 Å². The second-order valence-electron chi connectivity index (χ2n) is 3.76. The maximum absolute atomic E-state index is 12.2. The highest BCUT2D eigenvalue weighted by atomic mass is 79.9. The molecule has 0 saturated heterocycles. The summed E-state index contributed by atoms with van der Waals surface area (Å²) in [5, 5.41) is 0.366. The first-order valence-electron chi connectivity index (χ1n) is 5.33. The van der Waals surface area contributed by atoms with Gasteiger partial charge in [-0.1, -0.05) is 17.7 Å². The van der Waals surface area contributed by atoms with Crippen LogP contribution in [-0.4, -0.2) is 13.4 Å². The molecule has 1 N–H and O–H groups in total. The Labute approximate surface area is 125 Å². The van der Waals surface area contributed by atoms with Crippen LogP contribution in [0.25, 0.3) is 0 Å². The molecule has 0 amide bonds. The predicted molar refractivity (Wildman–Crippen MR) is 77.4 cm³/mol. The number of sulfonamides is 1. The van der Waals surface area contributed by atoms with Crippen molar-refractivity contribution in [1.29, 1.82) is 0 Å². The molecule has 19 heavy (non-hydrogen) atoms. The third-order valence-corrected chi connectivity index (χ3v) is 5.00. The van der Waals surface area contributed by atoms with Crippen molar-refractivity contribution in [2.45, 2.75) is 11.4 Å². The molecule has 0 spiro atoms. The summed E-state index contributed by atoms with van der Waals surface area (Å²) in [7, 11) is -3.62. The minimum Gasteiger partial charge on any atom is -0.264 e. The second kappa shape index (κ2) is 6.00. The van der Waals surface area contributed by atoms with E-state index in [1.807, 2.05) is 0 Å². The van der Waals surface area contributed by atoms with Crippen LogP contribution in [0.1, 0.15) is 5.56 Å². The minimum atomic E-state index is -3.62. The van der Waals surface area contributed by atoms with E-state index in [9.17, 15) is 8.42 Å². The minimum absolute atomic E-state index is 0.115. The van der Waals surface area contributed by atoms with Crippen LogP contribution in [0.15, 0.2) is 52.1 Å². The maximum atomic E-state index is 12.2. The van der Waals surface area contributed by atoms with Gasteiger partial charge in [0.15, 0.2) is 0 Å². The van der Waals surface area contributed by atoms with Gasteiger partial charge in [-0.05, 0) is 45.8 Å². The van der Waals surface area contributed by atoms with Gasteiger partial charge in [-0.2, -0.15) is 0 Å². The third kappa shape index (κ3) is 3.76. The lowest BCUT2D eigenvalue weighted by Crippen LogP contribution is -2.23. The van der Waals surface area contributed by atoms with Crippen LogP contribution in [0.5, 0.6) is 0 Å². The van der Waals surface area contributed by atoms with E-state index < -0.39 is 10.0 Å². The van der Waals surface area contributed by atoms with E-state index in [1.165, 1.54) is 6.07 Å². The molecule has 2 rings (SSSR count). The Morgan fingerprint density at radius 1 is 1.32 bits per heavy atom. The molecule has 2 aromatic rings. The molecule has 0 aliphatic heterocycles. The maximum Gasteiger partial charge on any atom is 0.242 e. The molecule has 1 aromatic heterocycles. The Kier molecular flexibility index (Phi) is 4.57. The van der Waals surface area contributed by atoms with Crippen LogP contribution in [0, 0.1) is 0 Å². The van der Waals surface area contributed by atoms with Gasteiger partial charge >= 0.3 is 0 Å². The van der Waals surface area contributed by atoms with Gasteiger partial charge in [0.05, 0.1) is 4.90 Å². The summed E-state index contributed by atoms with van der Waals surface area (Å²) in [5.74, 6) is 0. The Hall–Kier alpha value is -0.950. The highest BCUT2D eigenvalue weighted by molar-refractivity contribution is 9.10. The average Bonchev–Trinajstić information content (AvgIpc) is 2.40. The van der Waals surface area contributed by atoms with Crippen molar-refractivity contribution in [2.24, 2.45) is 0 Å². The summed E-state index contributed by atoms with van der Waals surface area (Å²) in [6, 6.07) is 8.16. The van der Waals surface area contributed by atoms with Crippen molar-refractivity contribution in [3.05, 3.63) is 57.8 Å². The predicted octanol–water partition coefficient (Wildman–Crippen LogP) is 2.98. The number of rotatable bonds is 4. The van der Waals surface area contributed by atoms with Crippen LogP contribution in [0.3, 0.4) is 0 Å². The van der Waals surface area contributed by atoms with E-state index >= 15 is 0 Å². The normalized spacial score (nSPS) is 11.5. The summed E-state index contributed by atoms with van der Waals surface area (Å²) in [5.41, 5.74) is 0.782. The largest absolute Gasteiger partial charge is 0.264 e. The topological polar surface area (TPSA) is 59.1 Å². The van der Waals surface area contributed by atoms with Crippen LogP contribution in [-0.2, 0) is 16.6 Å². The smallest absolute Gasteiger partial charge is 0.242 e. The van der Waals surface area contributed by atoms with Crippen LogP contribution < -0.4 is 4.72 Å². The monoisotopic (exact) mass is 360 g/mol. The molecular weight excluding hydrogens is 352 g/mol. The molecule has 0 aliphatic rings. The first kappa shape index (κ1) is 14.5. The number of nitrogens with one attached hydrogen (secondary N) is 1. The first-order chi connectivity index (χ1) is 8.99. The van der Waals surface area contributed by atoms with E-state index in [-0.39, 0.29) is 11.4 Å². The van der Waals surface area contributed by atoms with Crippen molar-refractivity contribution < 1.29 is 8.42 Å². The number of hydrogen-bond acceptors (Lipinski definition) is 3. The molecule has 4 nitrogen and oxygen atoms in total. The summed E-state index contributed by atoms with van der Waals surface area (Å²) < 4.78 is 27.3. The van der Waals surface area contributed by atoms with Crippen molar-refractivity contribution in [2.75, 3.05) is 0 Å². The lowest BCUT2D eigenvalue weighted by atomic mass is 10.3. The van der Waals surface area contributed by atoms with Gasteiger partial charge in [0, 0.05) is 28.4 Å². The van der Waals surface area contributed by atoms with E-state index in [2.05, 4.69) is 25.6 Å². The molecule has 0 saturated carbocycles. The third-order valence-electron chi connectivity index (χ3n) is 2.37. The highest BCUT2D eigenvalue weighted by Crippen LogP contribution is 2.25. The highest BCUT2D eigenvalue weighted by Gasteiger charge is 2.17. The fourth-order valence-electron chi connectivity index (χ4n) is 1.44. The number of aromatic nitrogens is 1. The first-order valence-corrected chi connectivity index (χ1v) is 7.98. The molecule has 1 heterocycles. The standard InChI is InChI=1S/C12H10BrClN2O2S/c13-11-4-3-10(14)6-12(11)19(17,18)16-8-9-2-1-5-15-7-9/h1-7,16H,8H2. The van der Waals surface area contributed by atoms with Gasteiger partial charge in [0.25, 0.3) is 0 Å². The Morgan fingerprint density at radius 3 is 2.79 bits per heavy atom. The lowest BCUT2D eigenvalue weighted by Gasteiger charge is -2.08. The lowest BCUT2D eigenvalue weighted by molar-refractivity contribution is 0.580. The zero-order chi connectivity index (χ0) is 13.9. The molecule has 1 aromatic carbocycles. The Balaban J connectivity index is 2.21. The van der Waals surface area contributed by atoms with Gasteiger partial charge in [-0.25, -0.2) is 13.1 Å². The molecular formula is C12H10BrClN2O2S. The van der Waals surface area contributed by atoms with Crippen molar-refractivity contribution in [3.8, 4) is 0 Å². The zero-order valence-electron chi connectivity index (χ0n) is 9.68. The number of benzene rings is 1. The second-order valence-corrected chi connectivity index (χ2v) is 6.79. The summed E-state index contributed by atoms with van der Waals surface area (Å²) in [6.07, 6.45) is 3.24. The number of hydrogen-bond donors (Lipinski definition) is 1. The Bertz CT molecular complexity index is 677. The number of nitrogens with zero attached hydrogens (tertiary/aromatic N) is 1. The van der Waals surface area contributed by atoms with E-state index in [0.717, 1.165) is 5.56 Å². The molecule has 100 valence electrons. The summed E-state index contributed by atoms with van der Waals surface area (Å²) >= 11 is 9.02. The van der Waals surface area contributed by atoms with E-state index in [0.29, 0.717) is 9.50 Å². The molecule has 7 heteroatoms. The molecule has 0 bridgehead atoms. The number of pyridine rings is 1. The summed E-state index contributed by atoms with van der Waals surface area (Å²) in [4.78, 5) is 4.04. The quantitative estimate of drug-likeness (QED) is 0.911.